The molecule has 0 bridgehead atoms. The van der Waals surface area contributed by atoms with Gasteiger partial charge in [-0.25, -0.2) is 0 Å². The van der Waals surface area contributed by atoms with Gasteiger partial charge in [-0.3, -0.25) is 9.80 Å². The summed E-state index contributed by atoms with van der Waals surface area (Å²) in [6.07, 6.45) is 0.617. The Morgan fingerprint density at radius 3 is 2.07 bits per heavy atom. The van der Waals surface area contributed by atoms with Crippen LogP contribution in [0.1, 0.15) is 46.6 Å². The summed E-state index contributed by atoms with van der Waals surface area (Å²) in [6.45, 7) is 17.0. The Balaban J connectivity index is 1.77. The summed E-state index contributed by atoms with van der Waals surface area (Å²) in [5.74, 6) is 0.808. The Bertz CT molecular complexity index is 573. The highest BCUT2D eigenvalue weighted by Crippen LogP contribution is 2.36. The highest BCUT2D eigenvalue weighted by molar-refractivity contribution is 5.31. The Hall–Kier alpha value is -1.14. The number of aliphatic hydroxyl groups excluding tert-OH is 2. The van der Waals surface area contributed by atoms with Crippen molar-refractivity contribution in [2.45, 2.75) is 52.6 Å². The van der Waals surface area contributed by atoms with E-state index < -0.39 is 6.10 Å². The van der Waals surface area contributed by atoms with Crippen LogP contribution >= 0.6 is 0 Å². The summed E-state index contributed by atoms with van der Waals surface area (Å²) in [5.41, 5.74) is 1.72. The third-order valence-corrected chi connectivity index (χ3v) is 5.40. The number of β-amino-alcohol motifs (C(OH)–C–C–N with tert-alkyl or cyclic N) is 2. The molecular weight excluding hydrogens is 352 g/mol. The predicted octanol–water partition coefficient (Wildman–Crippen LogP) is 2.75. The fraction of sp³-hybridized carbons (Fsp3) is 0.739. The third-order valence-electron chi connectivity index (χ3n) is 5.40. The van der Waals surface area contributed by atoms with Gasteiger partial charge in [0, 0.05) is 39.3 Å². The summed E-state index contributed by atoms with van der Waals surface area (Å²) >= 11 is 0. The standard InChI is InChI=1S/C23H40N2O3/c1-22(2,3)18-23(4,5)19-6-8-21(9-7-19)28-17-20(27)16-25-12-10-24(11-13-25)14-15-26/h6-9,20,26-27H,10-18H2,1-5H3. The fourth-order valence-corrected chi connectivity index (χ4v) is 4.31. The normalized spacial score (nSPS) is 18.2. The summed E-state index contributed by atoms with van der Waals surface area (Å²) < 4.78 is 5.82. The third kappa shape index (κ3) is 7.70. The smallest absolute Gasteiger partial charge is 0.119 e. The molecule has 1 unspecified atom stereocenters. The van der Waals surface area contributed by atoms with Crippen LogP contribution in [0.5, 0.6) is 5.75 Å². The number of ether oxygens (including phenoxy) is 1. The lowest BCUT2D eigenvalue weighted by Crippen LogP contribution is -2.49. The number of hydrogen-bond donors (Lipinski definition) is 2. The maximum Gasteiger partial charge on any atom is 0.119 e. The molecule has 0 amide bonds. The summed E-state index contributed by atoms with van der Waals surface area (Å²) in [6, 6.07) is 8.32. The molecule has 1 atom stereocenters. The Kier molecular flexibility index (Phi) is 8.31. The van der Waals surface area contributed by atoms with E-state index in [2.05, 4.69) is 56.6 Å². The van der Waals surface area contributed by atoms with Gasteiger partial charge >= 0.3 is 0 Å². The van der Waals surface area contributed by atoms with Crippen LogP contribution in [0, 0.1) is 5.41 Å². The van der Waals surface area contributed by atoms with Crippen molar-refractivity contribution >= 4 is 0 Å². The van der Waals surface area contributed by atoms with Crippen LogP contribution in [0.4, 0.5) is 0 Å². The first-order chi connectivity index (χ1) is 13.1. The van der Waals surface area contributed by atoms with E-state index in [1.807, 2.05) is 12.1 Å². The molecule has 1 aromatic carbocycles. The first-order valence-corrected chi connectivity index (χ1v) is 10.6. The van der Waals surface area contributed by atoms with Gasteiger partial charge < -0.3 is 14.9 Å². The molecule has 1 fully saturated rings. The van der Waals surface area contributed by atoms with Gasteiger partial charge in [0.15, 0.2) is 0 Å². The number of rotatable bonds is 9. The van der Waals surface area contributed by atoms with Crippen LogP contribution in [0.3, 0.4) is 0 Å². The van der Waals surface area contributed by atoms with E-state index in [1.165, 1.54) is 5.56 Å². The van der Waals surface area contributed by atoms with E-state index in [4.69, 9.17) is 9.84 Å². The van der Waals surface area contributed by atoms with E-state index >= 15 is 0 Å². The van der Waals surface area contributed by atoms with Crippen LogP contribution < -0.4 is 4.74 Å². The maximum atomic E-state index is 10.3. The quantitative estimate of drug-likeness (QED) is 0.677. The molecule has 1 saturated heterocycles. The minimum Gasteiger partial charge on any atom is -0.491 e. The second kappa shape index (κ2) is 10.1. The zero-order valence-electron chi connectivity index (χ0n) is 18.4. The number of benzene rings is 1. The topological polar surface area (TPSA) is 56.2 Å². The molecule has 5 heteroatoms. The molecular formula is C23H40N2O3. The molecule has 1 aromatic rings. The summed E-state index contributed by atoms with van der Waals surface area (Å²) in [4.78, 5) is 4.52. The summed E-state index contributed by atoms with van der Waals surface area (Å²) in [7, 11) is 0. The van der Waals surface area contributed by atoms with Crippen molar-refractivity contribution in [1.82, 2.24) is 9.80 Å². The number of nitrogens with zero attached hydrogens (tertiary/aromatic N) is 2. The molecule has 1 heterocycles. The number of hydrogen-bond acceptors (Lipinski definition) is 5. The summed E-state index contributed by atoms with van der Waals surface area (Å²) in [5, 5.41) is 19.3. The first kappa shape index (κ1) is 23.1. The lowest BCUT2D eigenvalue weighted by Gasteiger charge is -2.35. The van der Waals surface area contributed by atoms with Crippen molar-refractivity contribution in [3.8, 4) is 5.75 Å². The Morgan fingerprint density at radius 2 is 1.54 bits per heavy atom. The van der Waals surface area contributed by atoms with Crippen LogP contribution in [0.15, 0.2) is 24.3 Å². The molecule has 0 saturated carbocycles. The first-order valence-electron chi connectivity index (χ1n) is 10.6. The molecule has 1 aliphatic rings. The Labute approximate surface area is 171 Å². The molecule has 160 valence electrons. The van der Waals surface area contributed by atoms with Gasteiger partial charge in [0.1, 0.15) is 18.5 Å². The zero-order valence-corrected chi connectivity index (χ0v) is 18.4. The van der Waals surface area contributed by atoms with Crippen LogP contribution in [-0.4, -0.2) is 78.6 Å². The maximum absolute atomic E-state index is 10.3. The lowest BCUT2D eigenvalue weighted by atomic mass is 9.72. The van der Waals surface area contributed by atoms with Gasteiger partial charge in [0.2, 0.25) is 0 Å². The highest BCUT2D eigenvalue weighted by atomic mass is 16.5. The van der Waals surface area contributed by atoms with E-state index in [-0.39, 0.29) is 17.4 Å². The predicted molar refractivity (Wildman–Crippen MR) is 115 cm³/mol. The zero-order chi connectivity index (χ0) is 20.8. The van der Waals surface area contributed by atoms with Crippen LogP contribution in [0.2, 0.25) is 0 Å². The van der Waals surface area contributed by atoms with Crippen molar-refractivity contribution in [3.63, 3.8) is 0 Å². The van der Waals surface area contributed by atoms with Gasteiger partial charge in [0.05, 0.1) is 6.61 Å². The van der Waals surface area contributed by atoms with E-state index in [9.17, 15) is 5.11 Å². The van der Waals surface area contributed by atoms with Gasteiger partial charge in [-0.2, -0.15) is 0 Å². The molecule has 28 heavy (non-hydrogen) atoms. The SMILES string of the molecule is CC(C)(C)CC(C)(C)c1ccc(OCC(O)CN2CCN(CCO)CC2)cc1. The van der Waals surface area contributed by atoms with Gasteiger partial charge in [0.25, 0.3) is 0 Å². The molecule has 0 aliphatic carbocycles. The molecule has 0 radical (unpaired) electrons. The molecule has 2 N–H and O–H groups in total. The van der Waals surface area contributed by atoms with E-state index in [0.29, 0.717) is 13.2 Å². The minimum absolute atomic E-state index is 0.120. The van der Waals surface area contributed by atoms with Crippen molar-refractivity contribution in [3.05, 3.63) is 29.8 Å². The Morgan fingerprint density at radius 1 is 0.964 bits per heavy atom. The van der Waals surface area contributed by atoms with Crippen molar-refractivity contribution in [1.29, 1.82) is 0 Å². The minimum atomic E-state index is -0.499. The lowest BCUT2D eigenvalue weighted by molar-refractivity contribution is 0.0428. The fourth-order valence-electron chi connectivity index (χ4n) is 4.31. The molecule has 2 rings (SSSR count). The van der Waals surface area contributed by atoms with Gasteiger partial charge in [-0.15, -0.1) is 0 Å². The second-order valence-electron chi connectivity index (χ2n) is 9.98. The monoisotopic (exact) mass is 392 g/mol. The van der Waals surface area contributed by atoms with Crippen LogP contribution in [0.25, 0.3) is 0 Å². The second-order valence-corrected chi connectivity index (χ2v) is 9.98. The van der Waals surface area contributed by atoms with Gasteiger partial charge in [-0.05, 0) is 34.9 Å². The van der Waals surface area contributed by atoms with E-state index in [1.54, 1.807) is 0 Å². The van der Waals surface area contributed by atoms with Crippen molar-refractivity contribution in [2.24, 2.45) is 5.41 Å². The number of piperazine rings is 1. The molecule has 0 spiro atoms. The van der Waals surface area contributed by atoms with Crippen molar-refractivity contribution in [2.75, 3.05) is 52.5 Å². The largest absolute Gasteiger partial charge is 0.491 e. The molecule has 0 aromatic heterocycles. The number of aliphatic hydroxyl groups is 2. The van der Waals surface area contributed by atoms with E-state index in [0.717, 1.165) is 44.9 Å². The average molecular weight is 393 g/mol. The van der Waals surface area contributed by atoms with Crippen LogP contribution in [-0.2, 0) is 5.41 Å². The molecule has 1 aliphatic heterocycles. The van der Waals surface area contributed by atoms with Gasteiger partial charge in [-0.1, -0.05) is 46.8 Å². The van der Waals surface area contributed by atoms with Crippen molar-refractivity contribution < 1.29 is 14.9 Å². The average Bonchev–Trinajstić information content (AvgIpc) is 2.60. The highest BCUT2D eigenvalue weighted by Gasteiger charge is 2.27. The molecule has 5 nitrogen and oxygen atoms in total.